The van der Waals surface area contributed by atoms with Crippen LogP contribution < -0.4 is 10.1 Å². The van der Waals surface area contributed by atoms with Gasteiger partial charge in [0, 0.05) is 11.6 Å². The Morgan fingerprint density at radius 2 is 2.05 bits per heavy atom. The SMILES string of the molecule is CCCNc1nc(OCC)nc(-c2ccc(Cl)cc2F)n1. The van der Waals surface area contributed by atoms with Gasteiger partial charge in [-0.2, -0.15) is 15.0 Å². The molecule has 7 heteroatoms. The number of rotatable bonds is 6. The van der Waals surface area contributed by atoms with E-state index in [-0.39, 0.29) is 17.4 Å². The van der Waals surface area contributed by atoms with Gasteiger partial charge in [-0.25, -0.2) is 4.39 Å². The zero-order valence-corrected chi connectivity index (χ0v) is 12.6. The molecule has 2 rings (SSSR count). The van der Waals surface area contributed by atoms with Gasteiger partial charge in [0.15, 0.2) is 5.82 Å². The van der Waals surface area contributed by atoms with Crippen LogP contribution in [-0.4, -0.2) is 28.1 Å². The molecule has 21 heavy (non-hydrogen) atoms. The number of halogens is 2. The second-order valence-electron chi connectivity index (χ2n) is 4.25. The monoisotopic (exact) mass is 310 g/mol. The molecule has 0 unspecified atom stereocenters. The Kier molecular flexibility index (Phi) is 5.27. The van der Waals surface area contributed by atoms with Crippen molar-refractivity contribution >= 4 is 17.5 Å². The summed E-state index contributed by atoms with van der Waals surface area (Å²) in [5, 5.41) is 3.36. The molecule has 0 saturated carbocycles. The summed E-state index contributed by atoms with van der Waals surface area (Å²) in [5.41, 5.74) is 0.252. The lowest BCUT2D eigenvalue weighted by Gasteiger charge is -2.09. The average Bonchev–Trinajstić information content (AvgIpc) is 2.45. The fraction of sp³-hybridized carbons (Fsp3) is 0.357. The first-order valence-corrected chi connectivity index (χ1v) is 7.10. The molecule has 1 N–H and O–H groups in total. The van der Waals surface area contributed by atoms with Crippen LogP contribution in [0.1, 0.15) is 20.3 Å². The minimum absolute atomic E-state index is 0.162. The van der Waals surface area contributed by atoms with E-state index in [1.807, 2.05) is 13.8 Å². The topological polar surface area (TPSA) is 59.9 Å². The van der Waals surface area contributed by atoms with Crippen LogP contribution in [0.2, 0.25) is 5.02 Å². The molecule has 0 bridgehead atoms. The lowest BCUT2D eigenvalue weighted by atomic mass is 10.2. The lowest BCUT2D eigenvalue weighted by molar-refractivity contribution is 0.312. The van der Waals surface area contributed by atoms with Crippen LogP contribution in [0.5, 0.6) is 6.01 Å². The van der Waals surface area contributed by atoms with Crippen LogP contribution in [0.15, 0.2) is 18.2 Å². The van der Waals surface area contributed by atoms with Crippen molar-refractivity contribution in [3.8, 4) is 17.4 Å². The van der Waals surface area contributed by atoms with Crippen LogP contribution in [-0.2, 0) is 0 Å². The molecule has 0 saturated heterocycles. The molecule has 0 aliphatic rings. The number of hydrogen-bond acceptors (Lipinski definition) is 5. The molecule has 1 aromatic carbocycles. The number of nitrogens with one attached hydrogen (secondary N) is 1. The van der Waals surface area contributed by atoms with Crippen molar-refractivity contribution in [3.63, 3.8) is 0 Å². The van der Waals surface area contributed by atoms with Gasteiger partial charge in [-0.1, -0.05) is 18.5 Å². The van der Waals surface area contributed by atoms with Crippen molar-refractivity contribution in [3.05, 3.63) is 29.0 Å². The molecule has 1 heterocycles. The van der Waals surface area contributed by atoms with E-state index in [2.05, 4.69) is 20.3 Å². The van der Waals surface area contributed by atoms with Gasteiger partial charge < -0.3 is 10.1 Å². The third-order valence-corrected chi connectivity index (χ3v) is 2.83. The Bertz CT molecular complexity index is 624. The highest BCUT2D eigenvalue weighted by Crippen LogP contribution is 2.24. The van der Waals surface area contributed by atoms with E-state index in [4.69, 9.17) is 16.3 Å². The maximum atomic E-state index is 14.0. The predicted molar refractivity (Wildman–Crippen MR) is 80.2 cm³/mol. The molecule has 112 valence electrons. The van der Waals surface area contributed by atoms with Gasteiger partial charge >= 0.3 is 6.01 Å². The molecular weight excluding hydrogens is 295 g/mol. The second-order valence-corrected chi connectivity index (χ2v) is 4.69. The Morgan fingerprint density at radius 3 is 2.71 bits per heavy atom. The predicted octanol–water partition coefficient (Wildman–Crippen LogP) is 3.55. The number of anilines is 1. The molecule has 1 aromatic heterocycles. The highest BCUT2D eigenvalue weighted by Gasteiger charge is 2.13. The zero-order valence-electron chi connectivity index (χ0n) is 11.9. The first-order chi connectivity index (χ1) is 10.1. The van der Waals surface area contributed by atoms with Crippen molar-refractivity contribution in [2.75, 3.05) is 18.5 Å². The van der Waals surface area contributed by atoms with Gasteiger partial charge in [-0.3, -0.25) is 0 Å². The Hall–Kier alpha value is -1.95. The van der Waals surface area contributed by atoms with Gasteiger partial charge in [0.05, 0.1) is 12.2 Å². The van der Waals surface area contributed by atoms with Crippen molar-refractivity contribution < 1.29 is 9.13 Å². The Morgan fingerprint density at radius 1 is 1.24 bits per heavy atom. The summed E-state index contributed by atoms with van der Waals surface area (Å²) in [4.78, 5) is 12.5. The summed E-state index contributed by atoms with van der Waals surface area (Å²) >= 11 is 5.76. The van der Waals surface area contributed by atoms with E-state index < -0.39 is 5.82 Å². The minimum atomic E-state index is -0.488. The molecule has 0 spiro atoms. The number of hydrogen-bond donors (Lipinski definition) is 1. The molecule has 5 nitrogen and oxygen atoms in total. The van der Waals surface area contributed by atoms with Gasteiger partial charge in [-0.15, -0.1) is 0 Å². The maximum absolute atomic E-state index is 14.0. The highest BCUT2D eigenvalue weighted by molar-refractivity contribution is 6.30. The van der Waals surface area contributed by atoms with E-state index in [1.54, 1.807) is 6.07 Å². The van der Waals surface area contributed by atoms with Crippen molar-refractivity contribution in [1.82, 2.24) is 15.0 Å². The van der Waals surface area contributed by atoms with Gasteiger partial charge in [0.2, 0.25) is 5.95 Å². The molecule has 0 atom stereocenters. The summed E-state index contributed by atoms with van der Waals surface area (Å²) in [6, 6.07) is 4.51. The third-order valence-electron chi connectivity index (χ3n) is 2.59. The zero-order chi connectivity index (χ0) is 15.2. The summed E-state index contributed by atoms with van der Waals surface area (Å²) < 4.78 is 19.3. The molecular formula is C14H16ClFN4O. The van der Waals surface area contributed by atoms with Crippen molar-refractivity contribution in [1.29, 1.82) is 0 Å². The van der Waals surface area contributed by atoms with Gasteiger partial charge in [-0.05, 0) is 31.5 Å². The van der Waals surface area contributed by atoms with Crippen molar-refractivity contribution in [2.24, 2.45) is 0 Å². The number of ether oxygens (including phenoxy) is 1. The fourth-order valence-electron chi connectivity index (χ4n) is 1.66. The number of aromatic nitrogens is 3. The third kappa shape index (κ3) is 4.01. The summed E-state index contributed by atoms with van der Waals surface area (Å²) in [6.45, 7) is 4.97. The van der Waals surface area contributed by atoms with E-state index in [0.29, 0.717) is 24.1 Å². The van der Waals surface area contributed by atoms with Crippen LogP contribution in [0.3, 0.4) is 0 Å². The highest BCUT2D eigenvalue weighted by atomic mass is 35.5. The average molecular weight is 311 g/mol. The minimum Gasteiger partial charge on any atom is -0.464 e. The smallest absolute Gasteiger partial charge is 0.321 e. The normalized spacial score (nSPS) is 10.5. The quantitative estimate of drug-likeness (QED) is 0.884. The summed E-state index contributed by atoms with van der Waals surface area (Å²) in [7, 11) is 0. The Labute approximate surface area is 127 Å². The molecule has 0 amide bonds. The molecule has 0 aliphatic heterocycles. The number of benzene rings is 1. The standard InChI is InChI=1S/C14H16ClFN4O/c1-3-7-17-13-18-12(19-14(20-13)21-4-2)10-6-5-9(15)8-11(10)16/h5-6,8H,3-4,7H2,1-2H3,(H,17,18,19,20). The summed E-state index contributed by atoms with van der Waals surface area (Å²) in [6.07, 6.45) is 0.917. The second kappa shape index (κ2) is 7.17. The Balaban J connectivity index is 2.43. The molecule has 0 aliphatic carbocycles. The molecule has 0 radical (unpaired) electrons. The van der Waals surface area contributed by atoms with Crippen molar-refractivity contribution in [2.45, 2.75) is 20.3 Å². The largest absolute Gasteiger partial charge is 0.464 e. The number of nitrogens with zero attached hydrogens (tertiary/aromatic N) is 3. The van der Waals surface area contributed by atoms with E-state index in [9.17, 15) is 4.39 Å². The maximum Gasteiger partial charge on any atom is 0.321 e. The van der Waals surface area contributed by atoms with E-state index in [1.165, 1.54) is 12.1 Å². The fourth-order valence-corrected chi connectivity index (χ4v) is 1.82. The van der Waals surface area contributed by atoms with Gasteiger partial charge in [0.1, 0.15) is 5.82 Å². The van der Waals surface area contributed by atoms with E-state index >= 15 is 0 Å². The molecule has 2 aromatic rings. The lowest BCUT2D eigenvalue weighted by Crippen LogP contribution is -2.09. The summed E-state index contributed by atoms with van der Waals surface area (Å²) in [5.74, 6) is 0.0819. The van der Waals surface area contributed by atoms with Gasteiger partial charge in [0.25, 0.3) is 0 Å². The van der Waals surface area contributed by atoms with Crippen LogP contribution >= 0.6 is 11.6 Å². The first-order valence-electron chi connectivity index (χ1n) is 6.72. The first kappa shape index (κ1) is 15.4. The van der Waals surface area contributed by atoms with Crippen LogP contribution in [0, 0.1) is 5.82 Å². The van der Waals surface area contributed by atoms with Crippen LogP contribution in [0.4, 0.5) is 10.3 Å². The van der Waals surface area contributed by atoms with Crippen LogP contribution in [0.25, 0.3) is 11.4 Å². The van der Waals surface area contributed by atoms with E-state index in [0.717, 1.165) is 6.42 Å². The molecule has 0 fully saturated rings.